The largest absolute Gasteiger partial charge is 1.00 e. The molecule has 1 N–H and O–H groups in total. The van der Waals surface area contributed by atoms with Gasteiger partial charge in [0.1, 0.15) is 23.2 Å². The van der Waals surface area contributed by atoms with Crippen molar-refractivity contribution in [3.63, 3.8) is 0 Å². The second-order valence-electron chi connectivity index (χ2n) is 10.7. The van der Waals surface area contributed by atoms with E-state index in [0.717, 1.165) is 11.7 Å². The van der Waals surface area contributed by atoms with Crippen molar-refractivity contribution in [3.8, 4) is 0 Å². The number of aliphatic hydroxyl groups is 1. The first-order valence-corrected chi connectivity index (χ1v) is 16.0. The van der Waals surface area contributed by atoms with Gasteiger partial charge in [-0.15, -0.1) is 0 Å². The third-order valence-corrected chi connectivity index (χ3v) is 12.9. The number of hydrogen-bond acceptors (Lipinski definition) is 1. The maximum atomic E-state index is 8.93. The van der Waals surface area contributed by atoms with E-state index in [1.807, 2.05) is 19.1 Å². The fourth-order valence-corrected chi connectivity index (χ4v) is 9.73. The Kier molecular flexibility index (Phi) is 13.4. The Hall–Kier alpha value is -3.03. The molecule has 0 radical (unpaired) electrons. The van der Waals surface area contributed by atoms with Crippen LogP contribution in [0.5, 0.6) is 0 Å². The standard InChI is InChI=1S/C28H28P.C10H14O.CH4.BrH/c1-22-19-20-25(24(3)23(22)2)21-29(26-13-7-4-8-14-26,27-15-9-5-10-16-27)28-17-11-6-12-18-28;1-7-4-5-10(6-11)9(3)8(7)2;;/h4-20H,21H2,1-3H3;4-5,11H,6H2,1-3H3;1H4;1H/q+1;;;/p-1. The molecule has 0 aliphatic rings. The predicted octanol–water partition coefficient (Wildman–Crippen LogP) is 5.85. The van der Waals surface area contributed by atoms with Gasteiger partial charge in [0.2, 0.25) is 0 Å². The summed E-state index contributed by atoms with van der Waals surface area (Å²) in [4.78, 5) is 0. The maximum Gasteiger partial charge on any atom is 0.116 e. The zero-order valence-corrected chi connectivity index (χ0v) is 27.6. The third-order valence-electron chi connectivity index (χ3n) is 8.51. The van der Waals surface area contributed by atoms with Crippen molar-refractivity contribution in [2.24, 2.45) is 0 Å². The number of aliphatic hydroxyl groups excluding tert-OH is 1. The van der Waals surface area contributed by atoms with Gasteiger partial charge in [-0.25, -0.2) is 0 Å². The zero-order chi connectivity index (χ0) is 28.7. The molecule has 0 fully saturated rings. The summed E-state index contributed by atoms with van der Waals surface area (Å²) in [7, 11) is -1.84. The lowest BCUT2D eigenvalue weighted by molar-refractivity contribution is -0.00000966. The van der Waals surface area contributed by atoms with E-state index in [-0.39, 0.29) is 31.0 Å². The Labute approximate surface area is 265 Å². The molecule has 5 rings (SSSR count). The molecule has 0 aliphatic carbocycles. The molecule has 0 aliphatic heterocycles. The number of hydrogen-bond donors (Lipinski definition) is 1. The first-order valence-electron chi connectivity index (χ1n) is 14.1. The van der Waals surface area contributed by atoms with Crippen LogP contribution in [0.1, 0.15) is 51.9 Å². The zero-order valence-electron chi connectivity index (χ0n) is 25.2. The first kappa shape index (κ1) is 35.2. The number of rotatable bonds is 6. The van der Waals surface area contributed by atoms with Crippen LogP contribution in [0.15, 0.2) is 115 Å². The van der Waals surface area contributed by atoms with Crippen LogP contribution in [-0.4, -0.2) is 5.11 Å². The summed E-state index contributed by atoms with van der Waals surface area (Å²) < 4.78 is 0. The third kappa shape index (κ3) is 7.48. The molecule has 0 heterocycles. The molecule has 5 aromatic carbocycles. The van der Waals surface area contributed by atoms with Crippen LogP contribution in [-0.2, 0) is 12.8 Å². The van der Waals surface area contributed by atoms with Crippen molar-refractivity contribution in [1.82, 2.24) is 0 Å². The smallest absolute Gasteiger partial charge is 0.116 e. The molecule has 0 atom stereocenters. The van der Waals surface area contributed by atoms with Gasteiger partial charge in [0, 0.05) is 0 Å². The van der Waals surface area contributed by atoms with E-state index in [2.05, 4.69) is 138 Å². The van der Waals surface area contributed by atoms with Gasteiger partial charge in [0.15, 0.2) is 0 Å². The monoisotopic (exact) mass is 640 g/mol. The number of halogens is 1. The average Bonchev–Trinajstić information content (AvgIpc) is 3.00. The van der Waals surface area contributed by atoms with Gasteiger partial charge in [-0.3, -0.25) is 0 Å². The van der Waals surface area contributed by atoms with Gasteiger partial charge in [0.25, 0.3) is 0 Å². The van der Waals surface area contributed by atoms with E-state index in [9.17, 15) is 0 Å². The second kappa shape index (κ2) is 16.0. The second-order valence-corrected chi connectivity index (χ2v) is 14.2. The average molecular weight is 642 g/mol. The van der Waals surface area contributed by atoms with Gasteiger partial charge >= 0.3 is 0 Å². The highest BCUT2D eigenvalue weighted by Gasteiger charge is 2.45. The highest BCUT2D eigenvalue weighted by molar-refractivity contribution is 7.95. The molecule has 3 heteroatoms. The fourth-order valence-electron chi connectivity index (χ4n) is 5.39. The summed E-state index contributed by atoms with van der Waals surface area (Å²) in [5.74, 6) is 0. The van der Waals surface area contributed by atoms with Crippen molar-refractivity contribution >= 4 is 23.2 Å². The summed E-state index contributed by atoms with van der Waals surface area (Å²) in [6.45, 7) is 13.1. The van der Waals surface area contributed by atoms with E-state index in [4.69, 9.17) is 5.11 Å². The SMILES string of the molecule is C.Cc1ccc(CO)c(C)c1C.Cc1ccc(C[P+](c2ccccc2)(c2ccccc2)c2ccccc2)c(C)c1C.[Br-]. The molecule has 42 heavy (non-hydrogen) atoms. The van der Waals surface area contributed by atoms with Crippen LogP contribution < -0.4 is 32.9 Å². The van der Waals surface area contributed by atoms with Gasteiger partial charge in [0.05, 0.1) is 12.8 Å². The summed E-state index contributed by atoms with van der Waals surface area (Å²) in [5, 5.41) is 13.3. The van der Waals surface area contributed by atoms with Crippen molar-refractivity contribution in [2.75, 3.05) is 0 Å². The molecule has 220 valence electrons. The lowest BCUT2D eigenvalue weighted by atomic mass is 9.99. The van der Waals surface area contributed by atoms with Crippen molar-refractivity contribution in [2.45, 2.75) is 61.7 Å². The lowest BCUT2D eigenvalue weighted by Gasteiger charge is -2.28. The Morgan fingerprint density at radius 2 is 0.786 bits per heavy atom. The molecule has 0 bridgehead atoms. The van der Waals surface area contributed by atoms with Crippen LogP contribution in [0.25, 0.3) is 0 Å². The number of aryl methyl sites for hydroxylation is 2. The Bertz CT molecular complexity index is 1450. The Balaban J connectivity index is 0.000000404. The molecule has 0 amide bonds. The van der Waals surface area contributed by atoms with Crippen molar-refractivity contribution in [3.05, 3.63) is 160 Å². The van der Waals surface area contributed by atoms with E-state index in [0.29, 0.717) is 0 Å². The van der Waals surface area contributed by atoms with E-state index in [1.165, 1.54) is 54.9 Å². The van der Waals surface area contributed by atoms with Crippen molar-refractivity contribution in [1.29, 1.82) is 0 Å². The van der Waals surface area contributed by atoms with Crippen LogP contribution in [0.4, 0.5) is 0 Å². The molecular weight excluding hydrogens is 595 g/mol. The minimum atomic E-state index is -1.84. The van der Waals surface area contributed by atoms with E-state index in [1.54, 1.807) is 0 Å². The van der Waals surface area contributed by atoms with Gasteiger partial charge in [-0.05, 0) is 122 Å². The van der Waals surface area contributed by atoms with Gasteiger partial charge < -0.3 is 22.1 Å². The molecule has 0 saturated heterocycles. The molecule has 5 aromatic rings. The number of benzene rings is 5. The van der Waals surface area contributed by atoms with Crippen LogP contribution in [0, 0.1) is 41.5 Å². The topological polar surface area (TPSA) is 20.2 Å². The highest BCUT2D eigenvalue weighted by atomic mass is 79.9. The van der Waals surface area contributed by atoms with Crippen molar-refractivity contribution < 1.29 is 22.1 Å². The van der Waals surface area contributed by atoms with Crippen LogP contribution >= 0.6 is 7.26 Å². The fraction of sp³-hybridized carbons (Fsp3) is 0.231. The highest BCUT2D eigenvalue weighted by Crippen LogP contribution is 2.58. The normalized spacial score (nSPS) is 10.5. The molecule has 1 nitrogen and oxygen atoms in total. The maximum absolute atomic E-state index is 8.93. The quantitative estimate of drug-likeness (QED) is 0.231. The summed E-state index contributed by atoms with van der Waals surface area (Å²) in [5.41, 5.74) is 10.5. The van der Waals surface area contributed by atoms with Gasteiger partial charge in [-0.1, -0.05) is 86.3 Å². The van der Waals surface area contributed by atoms with E-state index < -0.39 is 7.26 Å². The predicted molar refractivity (Wildman–Crippen MR) is 183 cm³/mol. The molecule has 0 spiro atoms. The summed E-state index contributed by atoms with van der Waals surface area (Å²) in [6.07, 6.45) is 1.04. The van der Waals surface area contributed by atoms with E-state index >= 15 is 0 Å². The molecular formula is C39H46BrOP. The van der Waals surface area contributed by atoms with Crippen LogP contribution in [0.3, 0.4) is 0 Å². The molecule has 0 saturated carbocycles. The summed E-state index contributed by atoms with van der Waals surface area (Å²) >= 11 is 0. The van der Waals surface area contributed by atoms with Crippen LogP contribution in [0.2, 0.25) is 0 Å². The first-order chi connectivity index (χ1) is 19.3. The molecule has 0 aromatic heterocycles. The summed E-state index contributed by atoms with van der Waals surface area (Å²) in [6, 6.07) is 42.1. The Morgan fingerprint density at radius 3 is 1.14 bits per heavy atom. The minimum absolute atomic E-state index is 0. The molecule has 0 unspecified atom stereocenters. The minimum Gasteiger partial charge on any atom is -1.00 e. The van der Waals surface area contributed by atoms with Gasteiger partial charge in [-0.2, -0.15) is 0 Å². The Morgan fingerprint density at radius 1 is 0.452 bits per heavy atom. The lowest BCUT2D eigenvalue weighted by Crippen LogP contribution is -3.00.